The molecule has 5 rings (SSSR count). The summed E-state index contributed by atoms with van der Waals surface area (Å²) in [6.07, 6.45) is 0. The summed E-state index contributed by atoms with van der Waals surface area (Å²) in [5.74, 6) is 0.507. The van der Waals surface area contributed by atoms with E-state index in [0.29, 0.717) is 17.0 Å². The van der Waals surface area contributed by atoms with Crippen molar-refractivity contribution in [1.82, 2.24) is 24.7 Å². The van der Waals surface area contributed by atoms with Crippen LogP contribution in [0.3, 0.4) is 0 Å². The van der Waals surface area contributed by atoms with Crippen molar-refractivity contribution >= 4 is 11.5 Å². The number of halogens is 2. The summed E-state index contributed by atoms with van der Waals surface area (Å²) in [5.41, 5.74) is 2.17. The molecule has 1 fully saturated rings. The predicted molar refractivity (Wildman–Crippen MR) is 115 cm³/mol. The monoisotopic (exact) mass is 420 g/mol. The number of rotatable bonds is 4. The first-order valence-electron chi connectivity index (χ1n) is 10.3. The summed E-state index contributed by atoms with van der Waals surface area (Å²) in [5, 5.41) is 13.3. The van der Waals surface area contributed by atoms with Gasteiger partial charge in [0.2, 0.25) is 0 Å². The van der Waals surface area contributed by atoms with Gasteiger partial charge in [-0.2, -0.15) is 4.52 Å². The quantitative estimate of drug-likeness (QED) is 0.500. The molecule has 2 aromatic carbocycles. The molecule has 2 aromatic heterocycles. The van der Waals surface area contributed by atoms with Crippen molar-refractivity contribution in [3.05, 3.63) is 77.9 Å². The van der Waals surface area contributed by atoms with Gasteiger partial charge in [0.15, 0.2) is 11.5 Å². The molecule has 8 heteroatoms. The van der Waals surface area contributed by atoms with E-state index in [1.165, 1.54) is 12.1 Å². The van der Waals surface area contributed by atoms with Gasteiger partial charge in [0.1, 0.15) is 17.5 Å². The maximum absolute atomic E-state index is 14.2. The zero-order chi connectivity index (χ0) is 21.4. The van der Waals surface area contributed by atoms with E-state index in [-0.39, 0.29) is 6.04 Å². The first kappa shape index (κ1) is 19.6. The van der Waals surface area contributed by atoms with Crippen LogP contribution in [0.1, 0.15) is 18.5 Å². The van der Waals surface area contributed by atoms with E-state index in [1.807, 2.05) is 49.4 Å². The van der Waals surface area contributed by atoms with Crippen molar-refractivity contribution in [3.8, 4) is 11.4 Å². The van der Waals surface area contributed by atoms with E-state index in [2.05, 4.69) is 20.0 Å². The molecule has 0 amide bonds. The molecular formula is C23H22F2N6. The first-order chi connectivity index (χ1) is 15.1. The topological polar surface area (TPSA) is 49.6 Å². The van der Waals surface area contributed by atoms with Gasteiger partial charge in [-0.15, -0.1) is 15.3 Å². The minimum atomic E-state index is -0.552. The molecule has 1 saturated heterocycles. The summed E-state index contributed by atoms with van der Waals surface area (Å²) in [4.78, 5) is 4.41. The molecule has 0 saturated carbocycles. The van der Waals surface area contributed by atoms with Gasteiger partial charge < -0.3 is 4.90 Å². The summed E-state index contributed by atoms with van der Waals surface area (Å²) in [6, 6.07) is 17.4. The maximum atomic E-state index is 14.2. The number of fused-ring (bicyclic) bond motifs is 1. The Kier molecular flexibility index (Phi) is 5.07. The highest BCUT2D eigenvalue weighted by Gasteiger charge is 2.25. The van der Waals surface area contributed by atoms with Crippen LogP contribution in [0.15, 0.2) is 60.7 Å². The predicted octanol–water partition coefficient (Wildman–Crippen LogP) is 3.95. The molecule has 4 aromatic rings. The van der Waals surface area contributed by atoms with E-state index in [1.54, 1.807) is 4.52 Å². The minimum Gasteiger partial charge on any atom is -0.353 e. The van der Waals surface area contributed by atoms with Gasteiger partial charge in [0, 0.05) is 49.4 Å². The number of nitrogens with zero attached hydrogens (tertiary/aromatic N) is 6. The van der Waals surface area contributed by atoms with E-state index < -0.39 is 11.6 Å². The van der Waals surface area contributed by atoms with Crippen molar-refractivity contribution in [1.29, 1.82) is 0 Å². The number of anilines is 1. The van der Waals surface area contributed by atoms with Crippen molar-refractivity contribution in [3.63, 3.8) is 0 Å². The van der Waals surface area contributed by atoms with Crippen molar-refractivity contribution < 1.29 is 8.78 Å². The van der Waals surface area contributed by atoms with Crippen LogP contribution < -0.4 is 4.90 Å². The molecule has 1 aliphatic heterocycles. The second-order valence-electron chi connectivity index (χ2n) is 7.72. The Labute approximate surface area is 178 Å². The fraction of sp³-hybridized carbons (Fsp3) is 0.261. The van der Waals surface area contributed by atoms with Crippen LogP contribution in [-0.4, -0.2) is 50.9 Å². The highest BCUT2D eigenvalue weighted by molar-refractivity contribution is 5.59. The molecule has 0 N–H and O–H groups in total. The first-order valence-corrected chi connectivity index (χ1v) is 10.3. The molecule has 3 heterocycles. The second-order valence-corrected chi connectivity index (χ2v) is 7.72. The van der Waals surface area contributed by atoms with Gasteiger partial charge >= 0.3 is 0 Å². The molecule has 31 heavy (non-hydrogen) atoms. The van der Waals surface area contributed by atoms with Crippen molar-refractivity contribution in [2.75, 3.05) is 31.1 Å². The number of aromatic nitrogens is 4. The van der Waals surface area contributed by atoms with Crippen LogP contribution >= 0.6 is 0 Å². The van der Waals surface area contributed by atoms with Gasteiger partial charge in [-0.05, 0) is 25.1 Å². The Hall–Kier alpha value is -3.39. The lowest BCUT2D eigenvalue weighted by Crippen LogP contribution is -2.47. The highest BCUT2D eigenvalue weighted by atomic mass is 19.1. The summed E-state index contributed by atoms with van der Waals surface area (Å²) < 4.78 is 29.2. The zero-order valence-corrected chi connectivity index (χ0v) is 17.1. The number of hydrogen-bond donors (Lipinski definition) is 0. The largest absolute Gasteiger partial charge is 0.353 e. The van der Waals surface area contributed by atoms with E-state index in [9.17, 15) is 8.78 Å². The Morgan fingerprint density at radius 2 is 1.65 bits per heavy atom. The Morgan fingerprint density at radius 3 is 2.39 bits per heavy atom. The third-order valence-electron chi connectivity index (χ3n) is 5.88. The van der Waals surface area contributed by atoms with Crippen LogP contribution in [0, 0.1) is 11.6 Å². The SMILES string of the molecule is CC(c1ccc(F)cc1F)N1CCN(c2ccc3nnc(-c4ccccc4)n3n2)CC1. The lowest BCUT2D eigenvalue weighted by Gasteiger charge is -2.38. The van der Waals surface area contributed by atoms with E-state index >= 15 is 0 Å². The standard InChI is InChI=1S/C23H22F2N6/c1-16(19-8-7-18(24)15-20(19)25)29-11-13-30(14-12-29)22-10-9-21-26-27-23(31(21)28-22)17-5-3-2-4-6-17/h2-10,15-16H,11-14H2,1H3. The molecular weight excluding hydrogens is 398 g/mol. The molecule has 158 valence electrons. The molecule has 1 aliphatic rings. The molecule has 0 spiro atoms. The molecule has 1 atom stereocenters. The van der Waals surface area contributed by atoms with Gasteiger partial charge in [0.25, 0.3) is 0 Å². The fourth-order valence-corrected chi connectivity index (χ4v) is 4.09. The van der Waals surface area contributed by atoms with Crippen LogP contribution in [0.2, 0.25) is 0 Å². The van der Waals surface area contributed by atoms with Gasteiger partial charge in [-0.1, -0.05) is 36.4 Å². The molecule has 0 aliphatic carbocycles. The maximum Gasteiger partial charge on any atom is 0.185 e. The average molecular weight is 420 g/mol. The number of benzene rings is 2. The number of piperazine rings is 1. The van der Waals surface area contributed by atoms with E-state index in [0.717, 1.165) is 43.6 Å². The minimum absolute atomic E-state index is 0.124. The Bertz CT molecular complexity index is 1200. The summed E-state index contributed by atoms with van der Waals surface area (Å²) in [6.45, 7) is 4.99. The fourth-order valence-electron chi connectivity index (χ4n) is 4.09. The second kappa shape index (κ2) is 8.03. The van der Waals surface area contributed by atoms with Gasteiger partial charge in [0.05, 0.1) is 0 Å². The van der Waals surface area contributed by atoms with Gasteiger partial charge in [-0.3, -0.25) is 4.90 Å². The summed E-state index contributed by atoms with van der Waals surface area (Å²) in [7, 11) is 0. The lowest BCUT2D eigenvalue weighted by atomic mass is 10.1. The van der Waals surface area contributed by atoms with Crippen molar-refractivity contribution in [2.45, 2.75) is 13.0 Å². The normalized spacial score (nSPS) is 16.0. The zero-order valence-electron chi connectivity index (χ0n) is 17.1. The Balaban J connectivity index is 1.33. The smallest absolute Gasteiger partial charge is 0.185 e. The van der Waals surface area contributed by atoms with Crippen molar-refractivity contribution in [2.24, 2.45) is 0 Å². The van der Waals surface area contributed by atoms with Crippen LogP contribution in [0.25, 0.3) is 17.0 Å². The molecule has 0 bridgehead atoms. The van der Waals surface area contributed by atoms with Gasteiger partial charge in [-0.25, -0.2) is 8.78 Å². The average Bonchev–Trinajstić information content (AvgIpc) is 3.23. The van der Waals surface area contributed by atoms with Crippen LogP contribution in [0.4, 0.5) is 14.6 Å². The molecule has 6 nitrogen and oxygen atoms in total. The lowest BCUT2D eigenvalue weighted by molar-refractivity contribution is 0.194. The highest BCUT2D eigenvalue weighted by Crippen LogP contribution is 2.26. The molecule has 1 unspecified atom stereocenters. The summed E-state index contributed by atoms with van der Waals surface area (Å²) >= 11 is 0. The van der Waals surface area contributed by atoms with Crippen LogP contribution in [-0.2, 0) is 0 Å². The third kappa shape index (κ3) is 3.74. The van der Waals surface area contributed by atoms with Crippen LogP contribution in [0.5, 0.6) is 0 Å². The Morgan fingerprint density at radius 1 is 0.871 bits per heavy atom. The number of hydrogen-bond acceptors (Lipinski definition) is 5. The van der Waals surface area contributed by atoms with E-state index in [4.69, 9.17) is 5.10 Å². The molecule has 0 radical (unpaired) electrons. The third-order valence-corrected chi connectivity index (χ3v) is 5.88.